The zero-order valence-electron chi connectivity index (χ0n) is 11.4. The Kier molecular flexibility index (Phi) is 3.58. The van der Waals surface area contributed by atoms with E-state index in [-0.39, 0.29) is 0 Å². The van der Waals surface area contributed by atoms with Crippen molar-refractivity contribution in [3.05, 3.63) is 28.9 Å². The first-order valence-electron chi connectivity index (χ1n) is 5.90. The molecule has 1 aromatic heterocycles. The maximum absolute atomic E-state index is 12.2. The molecule has 0 unspecified atom stereocenters. The molecule has 102 valence electrons. The predicted octanol–water partition coefficient (Wildman–Crippen LogP) is 4.20. The monoisotopic (exact) mass is 325 g/mol. The van der Waals surface area contributed by atoms with Crippen LogP contribution in [0.25, 0.3) is 10.9 Å². The lowest BCUT2D eigenvalue weighted by molar-refractivity contribution is 0.0541. The van der Waals surface area contributed by atoms with E-state index in [0.717, 1.165) is 10.9 Å². The van der Waals surface area contributed by atoms with E-state index >= 15 is 0 Å². The highest BCUT2D eigenvalue weighted by atomic mass is 79.9. The summed E-state index contributed by atoms with van der Waals surface area (Å²) in [5, 5.41) is 0.943. The van der Waals surface area contributed by atoms with Gasteiger partial charge in [0.2, 0.25) is 0 Å². The van der Waals surface area contributed by atoms with E-state index in [1.165, 1.54) is 4.57 Å². The van der Waals surface area contributed by atoms with Crippen LogP contribution in [0.4, 0.5) is 4.79 Å². The summed E-state index contributed by atoms with van der Waals surface area (Å²) in [5.74, 6) is 0.697. The first kappa shape index (κ1) is 13.9. The minimum atomic E-state index is -0.536. The van der Waals surface area contributed by atoms with Gasteiger partial charge >= 0.3 is 6.09 Å². The summed E-state index contributed by atoms with van der Waals surface area (Å²) in [4.78, 5) is 12.2. The second-order valence-corrected chi connectivity index (χ2v) is 6.02. The molecule has 0 amide bonds. The van der Waals surface area contributed by atoms with Gasteiger partial charge in [-0.05, 0) is 54.9 Å². The van der Waals surface area contributed by atoms with Gasteiger partial charge in [-0.1, -0.05) is 0 Å². The molecule has 0 saturated carbocycles. The molecule has 0 bridgehead atoms. The average Bonchev–Trinajstić information content (AvgIpc) is 2.61. The lowest BCUT2D eigenvalue weighted by Crippen LogP contribution is -2.27. The lowest BCUT2D eigenvalue weighted by atomic mass is 10.2. The number of methoxy groups -OCH3 is 1. The number of carbonyl (C=O) groups is 1. The Balaban J connectivity index is 2.52. The molecule has 0 radical (unpaired) electrons. The van der Waals surface area contributed by atoms with Crippen LogP contribution in [-0.2, 0) is 4.74 Å². The fourth-order valence-corrected chi connectivity index (χ4v) is 2.35. The highest BCUT2D eigenvalue weighted by molar-refractivity contribution is 9.10. The standard InChI is InChI=1S/C14H16BrNO3/c1-14(2,3)19-13(17)16-11-8-10(18-4)6-5-9(11)7-12(16)15/h5-8H,1-4H3. The smallest absolute Gasteiger partial charge is 0.419 e. The largest absolute Gasteiger partial charge is 0.497 e. The van der Waals surface area contributed by atoms with Gasteiger partial charge in [0.1, 0.15) is 11.4 Å². The minimum Gasteiger partial charge on any atom is -0.497 e. The number of aromatic nitrogens is 1. The van der Waals surface area contributed by atoms with E-state index in [9.17, 15) is 4.79 Å². The van der Waals surface area contributed by atoms with Crippen LogP contribution in [0.5, 0.6) is 5.75 Å². The molecule has 0 aliphatic rings. The number of fused-ring (bicyclic) bond motifs is 1. The molecule has 2 rings (SSSR count). The molecule has 0 fully saturated rings. The molecule has 2 aromatic rings. The van der Waals surface area contributed by atoms with Crippen LogP contribution in [0.15, 0.2) is 28.9 Å². The minimum absolute atomic E-state index is 0.414. The molecule has 1 aromatic carbocycles. The van der Waals surface area contributed by atoms with Gasteiger partial charge in [-0.25, -0.2) is 9.36 Å². The van der Waals surface area contributed by atoms with Crippen LogP contribution in [0.2, 0.25) is 0 Å². The van der Waals surface area contributed by atoms with Crippen LogP contribution in [0, 0.1) is 0 Å². The molecule has 19 heavy (non-hydrogen) atoms. The second-order valence-electron chi connectivity index (χ2n) is 5.21. The van der Waals surface area contributed by atoms with Crippen molar-refractivity contribution in [2.24, 2.45) is 0 Å². The molecule has 4 nitrogen and oxygen atoms in total. The maximum Gasteiger partial charge on any atom is 0.419 e. The van der Waals surface area contributed by atoms with Crippen LogP contribution in [0.1, 0.15) is 20.8 Å². The Morgan fingerprint density at radius 3 is 2.53 bits per heavy atom. The molecule has 0 spiro atoms. The Hall–Kier alpha value is -1.49. The van der Waals surface area contributed by atoms with Crippen molar-refractivity contribution in [3.63, 3.8) is 0 Å². The molecule has 0 aliphatic heterocycles. The van der Waals surface area contributed by atoms with Gasteiger partial charge in [-0.15, -0.1) is 0 Å². The molecule has 0 atom stereocenters. The summed E-state index contributed by atoms with van der Waals surface area (Å²) < 4.78 is 12.7. The number of carbonyl (C=O) groups excluding carboxylic acids is 1. The van der Waals surface area contributed by atoms with Crippen LogP contribution >= 0.6 is 15.9 Å². The fraction of sp³-hybridized carbons (Fsp3) is 0.357. The van der Waals surface area contributed by atoms with Crippen LogP contribution in [0.3, 0.4) is 0 Å². The maximum atomic E-state index is 12.2. The summed E-state index contributed by atoms with van der Waals surface area (Å²) in [7, 11) is 1.59. The van der Waals surface area contributed by atoms with Gasteiger partial charge in [-0.2, -0.15) is 0 Å². The normalized spacial score (nSPS) is 11.6. The number of ether oxygens (including phenoxy) is 2. The van der Waals surface area contributed by atoms with E-state index in [4.69, 9.17) is 9.47 Å². The number of hydrogen-bond acceptors (Lipinski definition) is 3. The van der Waals surface area contributed by atoms with Crippen LogP contribution < -0.4 is 4.74 Å². The van der Waals surface area contributed by atoms with Gasteiger partial charge in [0.05, 0.1) is 17.2 Å². The first-order valence-corrected chi connectivity index (χ1v) is 6.69. The third-order valence-corrected chi connectivity index (χ3v) is 3.13. The van der Waals surface area contributed by atoms with Gasteiger partial charge in [-0.3, -0.25) is 0 Å². The van der Waals surface area contributed by atoms with Crippen molar-refractivity contribution in [2.75, 3.05) is 7.11 Å². The molecular formula is C14H16BrNO3. The summed E-state index contributed by atoms with van der Waals surface area (Å²) in [5.41, 5.74) is 0.215. The topological polar surface area (TPSA) is 40.5 Å². The number of hydrogen-bond donors (Lipinski definition) is 0. The van der Waals surface area contributed by atoms with E-state index < -0.39 is 11.7 Å². The van der Waals surface area contributed by atoms with E-state index in [1.807, 2.05) is 45.0 Å². The molecule has 0 N–H and O–H groups in total. The van der Waals surface area contributed by atoms with Crippen molar-refractivity contribution in [1.82, 2.24) is 4.57 Å². The third-order valence-electron chi connectivity index (χ3n) is 2.54. The van der Waals surface area contributed by atoms with Crippen molar-refractivity contribution >= 4 is 32.9 Å². The number of benzene rings is 1. The van der Waals surface area contributed by atoms with Gasteiger partial charge in [0.25, 0.3) is 0 Å². The number of rotatable bonds is 1. The number of nitrogens with zero attached hydrogens (tertiary/aromatic N) is 1. The third kappa shape index (κ3) is 2.92. The molecular weight excluding hydrogens is 310 g/mol. The Labute approximate surface area is 120 Å². The SMILES string of the molecule is COc1ccc2cc(Br)n(C(=O)OC(C)(C)C)c2c1. The zero-order chi connectivity index (χ0) is 14.2. The van der Waals surface area contributed by atoms with Gasteiger partial charge in [0.15, 0.2) is 0 Å². The fourth-order valence-electron chi connectivity index (χ4n) is 1.77. The first-order chi connectivity index (χ1) is 8.81. The van der Waals surface area contributed by atoms with Gasteiger partial charge < -0.3 is 9.47 Å². The van der Waals surface area contributed by atoms with Crippen molar-refractivity contribution in [3.8, 4) is 5.75 Å². The summed E-state index contributed by atoms with van der Waals surface area (Å²) >= 11 is 3.39. The quantitative estimate of drug-likeness (QED) is 0.789. The van der Waals surface area contributed by atoms with Crippen molar-refractivity contribution in [1.29, 1.82) is 0 Å². The number of halogens is 1. The zero-order valence-corrected chi connectivity index (χ0v) is 12.9. The summed E-state index contributed by atoms with van der Waals surface area (Å²) in [6, 6.07) is 7.44. The summed E-state index contributed by atoms with van der Waals surface area (Å²) in [6.07, 6.45) is -0.414. The molecule has 5 heteroatoms. The van der Waals surface area contributed by atoms with Crippen LogP contribution in [-0.4, -0.2) is 23.4 Å². The second kappa shape index (κ2) is 4.89. The molecule has 0 aliphatic carbocycles. The van der Waals surface area contributed by atoms with E-state index in [2.05, 4.69) is 15.9 Å². The van der Waals surface area contributed by atoms with Gasteiger partial charge in [0, 0.05) is 11.5 Å². The Morgan fingerprint density at radius 1 is 1.26 bits per heavy atom. The lowest BCUT2D eigenvalue weighted by Gasteiger charge is -2.20. The molecule has 0 saturated heterocycles. The Morgan fingerprint density at radius 2 is 1.95 bits per heavy atom. The highest BCUT2D eigenvalue weighted by Crippen LogP contribution is 2.28. The highest BCUT2D eigenvalue weighted by Gasteiger charge is 2.21. The van der Waals surface area contributed by atoms with E-state index in [0.29, 0.717) is 10.4 Å². The Bertz CT molecular complexity index is 625. The van der Waals surface area contributed by atoms with Crippen molar-refractivity contribution < 1.29 is 14.3 Å². The predicted molar refractivity (Wildman–Crippen MR) is 77.8 cm³/mol. The molecule has 1 heterocycles. The van der Waals surface area contributed by atoms with E-state index in [1.54, 1.807) is 7.11 Å². The van der Waals surface area contributed by atoms with Crippen molar-refractivity contribution in [2.45, 2.75) is 26.4 Å². The summed E-state index contributed by atoms with van der Waals surface area (Å²) in [6.45, 7) is 5.52. The average molecular weight is 326 g/mol.